The van der Waals surface area contributed by atoms with Gasteiger partial charge in [0.2, 0.25) is 0 Å². The van der Waals surface area contributed by atoms with Crippen molar-refractivity contribution >= 4 is 38.8 Å². The molecule has 0 saturated carbocycles. The van der Waals surface area contributed by atoms with Gasteiger partial charge in [-0.25, -0.2) is 4.98 Å². The van der Waals surface area contributed by atoms with Gasteiger partial charge in [-0.2, -0.15) is 0 Å². The van der Waals surface area contributed by atoms with E-state index in [-0.39, 0.29) is 6.61 Å². The van der Waals surface area contributed by atoms with Crippen LogP contribution in [0.2, 0.25) is 0 Å². The number of nitrogen functional groups attached to an aromatic ring is 1. The van der Waals surface area contributed by atoms with Gasteiger partial charge in [-0.3, -0.25) is 4.79 Å². The summed E-state index contributed by atoms with van der Waals surface area (Å²) in [5, 5.41) is 9.87. The van der Waals surface area contributed by atoms with Crippen LogP contribution in [-0.4, -0.2) is 35.7 Å². The zero-order valence-electron chi connectivity index (χ0n) is 13.0. The first-order chi connectivity index (χ1) is 11.1. The molecule has 23 heavy (non-hydrogen) atoms. The number of thiophene rings is 1. The second kappa shape index (κ2) is 6.72. The fourth-order valence-electron chi connectivity index (χ4n) is 3.37. The summed E-state index contributed by atoms with van der Waals surface area (Å²) in [4.78, 5) is 19.3. The van der Waals surface area contributed by atoms with Gasteiger partial charge in [0.15, 0.2) is 0 Å². The minimum atomic E-state index is -0.504. The van der Waals surface area contributed by atoms with E-state index in [4.69, 9.17) is 16.6 Å². The Balaban J connectivity index is 1.94. The van der Waals surface area contributed by atoms with Crippen LogP contribution in [0.25, 0.3) is 10.2 Å². The third-order valence-electron chi connectivity index (χ3n) is 4.46. The van der Waals surface area contributed by atoms with Crippen molar-refractivity contribution in [2.45, 2.75) is 25.7 Å². The zero-order chi connectivity index (χ0) is 16.4. The molecule has 124 valence electrons. The van der Waals surface area contributed by atoms with Crippen molar-refractivity contribution < 1.29 is 9.90 Å². The molecule has 1 aliphatic heterocycles. The molecule has 6 nitrogen and oxygen atoms in total. The van der Waals surface area contributed by atoms with Crippen molar-refractivity contribution in [1.29, 1.82) is 0 Å². The number of aromatic nitrogens is 1. The molecule has 5 N–H and O–H groups in total. The van der Waals surface area contributed by atoms with E-state index >= 15 is 0 Å². The third-order valence-corrected chi connectivity index (χ3v) is 5.59. The number of rotatable bonds is 5. The van der Waals surface area contributed by atoms with Crippen LogP contribution >= 0.6 is 11.3 Å². The summed E-state index contributed by atoms with van der Waals surface area (Å²) in [6, 6.07) is 1.96. The van der Waals surface area contributed by atoms with E-state index in [1.807, 2.05) is 6.07 Å². The number of anilines is 2. The Morgan fingerprint density at radius 2 is 2.35 bits per heavy atom. The standard InChI is InChI=1S/C16H22N4O2S/c17-13-12-11(5-6-19-16(12)23-14(13)15(18)22)20-7-1-3-10(9-20)4-2-8-21/h5-6,10,21H,1-4,7-9,17H2,(H2,18,22). The van der Waals surface area contributed by atoms with Crippen molar-refractivity contribution in [3.63, 3.8) is 0 Å². The number of nitrogens with two attached hydrogens (primary N) is 2. The minimum absolute atomic E-state index is 0.245. The molecule has 7 heteroatoms. The minimum Gasteiger partial charge on any atom is -0.397 e. The molecule has 1 saturated heterocycles. The summed E-state index contributed by atoms with van der Waals surface area (Å²) in [5.41, 5.74) is 13.1. The van der Waals surface area contributed by atoms with E-state index < -0.39 is 5.91 Å². The molecule has 0 aromatic carbocycles. The number of aliphatic hydroxyl groups is 1. The maximum atomic E-state index is 11.5. The fraction of sp³-hybridized carbons (Fsp3) is 0.500. The number of amides is 1. The Kier molecular flexibility index (Phi) is 4.68. The lowest BCUT2D eigenvalue weighted by Crippen LogP contribution is -2.35. The number of nitrogens with zero attached hydrogens (tertiary/aromatic N) is 2. The predicted octanol–water partition coefficient (Wildman–Crippen LogP) is 1.97. The Morgan fingerprint density at radius 1 is 1.52 bits per heavy atom. The number of pyridine rings is 1. The molecule has 2 aromatic heterocycles. The second-order valence-corrected chi connectivity index (χ2v) is 7.04. The second-order valence-electron chi connectivity index (χ2n) is 6.04. The predicted molar refractivity (Wildman–Crippen MR) is 93.8 cm³/mol. The highest BCUT2D eigenvalue weighted by atomic mass is 32.1. The van der Waals surface area contributed by atoms with Crippen LogP contribution in [0.3, 0.4) is 0 Å². The molecule has 0 aliphatic carbocycles. The highest BCUT2D eigenvalue weighted by molar-refractivity contribution is 7.21. The zero-order valence-corrected chi connectivity index (χ0v) is 13.8. The lowest BCUT2D eigenvalue weighted by atomic mass is 9.93. The first kappa shape index (κ1) is 16.0. The summed E-state index contributed by atoms with van der Waals surface area (Å²) in [6.07, 6.45) is 5.95. The molecular weight excluding hydrogens is 312 g/mol. The molecule has 0 radical (unpaired) electrons. The van der Waals surface area contributed by atoms with Gasteiger partial charge < -0.3 is 21.5 Å². The van der Waals surface area contributed by atoms with Gasteiger partial charge in [0.05, 0.1) is 16.8 Å². The SMILES string of the molecule is NC(=O)c1sc2nccc(N3CCCC(CCCO)C3)c2c1N. The number of piperidine rings is 1. The summed E-state index contributed by atoms with van der Waals surface area (Å²) < 4.78 is 0. The highest BCUT2D eigenvalue weighted by Crippen LogP contribution is 2.39. The van der Waals surface area contributed by atoms with Gasteiger partial charge in [0.1, 0.15) is 9.71 Å². The van der Waals surface area contributed by atoms with Crippen LogP contribution in [0.1, 0.15) is 35.4 Å². The lowest BCUT2D eigenvalue weighted by molar-refractivity contribution is 0.100. The number of aliphatic hydroxyl groups excluding tert-OH is 1. The van der Waals surface area contributed by atoms with E-state index in [1.54, 1.807) is 6.20 Å². The van der Waals surface area contributed by atoms with E-state index in [1.165, 1.54) is 17.8 Å². The van der Waals surface area contributed by atoms with Gasteiger partial charge in [-0.05, 0) is 37.7 Å². The number of primary amides is 1. The molecule has 1 fully saturated rings. The van der Waals surface area contributed by atoms with Crippen LogP contribution in [0.5, 0.6) is 0 Å². The fourth-order valence-corrected chi connectivity index (χ4v) is 4.31. The van der Waals surface area contributed by atoms with Gasteiger partial charge in [-0.1, -0.05) is 0 Å². The molecular formula is C16H22N4O2S. The molecule has 1 aliphatic rings. The van der Waals surface area contributed by atoms with Crippen molar-refractivity contribution in [3.8, 4) is 0 Å². The molecule has 1 atom stereocenters. The van der Waals surface area contributed by atoms with Crippen LogP contribution in [0.15, 0.2) is 12.3 Å². The van der Waals surface area contributed by atoms with Gasteiger partial charge in [-0.15, -0.1) is 11.3 Å². The first-order valence-electron chi connectivity index (χ1n) is 7.94. The lowest BCUT2D eigenvalue weighted by Gasteiger charge is -2.35. The quantitative estimate of drug-likeness (QED) is 0.775. The number of carbonyl (C=O) groups excluding carboxylic acids is 1. The average Bonchev–Trinajstić information content (AvgIpc) is 2.91. The number of hydrogen-bond acceptors (Lipinski definition) is 6. The third kappa shape index (κ3) is 3.11. The van der Waals surface area contributed by atoms with Crippen LogP contribution in [-0.2, 0) is 0 Å². The summed E-state index contributed by atoms with van der Waals surface area (Å²) in [7, 11) is 0. The summed E-state index contributed by atoms with van der Waals surface area (Å²) >= 11 is 1.25. The van der Waals surface area contributed by atoms with E-state index in [9.17, 15) is 4.79 Å². The maximum absolute atomic E-state index is 11.5. The Hall–Kier alpha value is -1.86. The molecule has 3 rings (SSSR count). The van der Waals surface area contributed by atoms with E-state index in [0.29, 0.717) is 16.5 Å². The first-order valence-corrected chi connectivity index (χ1v) is 8.76. The van der Waals surface area contributed by atoms with Crippen LogP contribution in [0.4, 0.5) is 11.4 Å². The Morgan fingerprint density at radius 3 is 3.09 bits per heavy atom. The molecule has 1 amide bonds. The normalized spacial score (nSPS) is 18.5. The number of fused-ring (bicyclic) bond motifs is 1. The van der Waals surface area contributed by atoms with Crippen molar-refractivity contribution in [2.24, 2.45) is 11.7 Å². The molecule has 0 spiro atoms. The average molecular weight is 334 g/mol. The monoisotopic (exact) mass is 334 g/mol. The topological polar surface area (TPSA) is 105 Å². The van der Waals surface area contributed by atoms with Crippen LogP contribution in [0, 0.1) is 5.92 Å². The number of carbonyl (C=O) groups is 1. The van der Waals surface area contributed by atoms with Gasteiger partial charge in [0, 0.05) is 25.9 Å². The maximum Gasteiger partial charge on any atom is 0.260 e. The van der Waals surface area contributed by atoms with Crippen molar-refractivity contribution in [3.05, 3.63) is 17.1 Å². The van der Waals surface area contributed by atoms with Crippen molar-refractivity contribution in [1.82, 2.24) is 4.98 Å². The summed E-state index contributed by atoms with van der Waals surface area (Å²) in [5.74, 6) is 0.0745. The summed E-state index contributed by atoms with van der Waals surface area (Å²) in [6.45, 7) is 2.16. The van der Waals surface area contributed by atoms with Crippen LogP contribution < -0.4 is 16.4 Å². The molecule has 3 heterocycles. The molecule has 0 bridgehead atoms. The largest absolute Gasteiger partial charge is 0.397 e. The van der Waals surface area contributed by atoms with Crippen molar-refractivity contribution in [2.75, 3.05) is 30.3 Å². The molecule has 1 unspecified atom stereocenters. The smallest absolute Gasteiger partial charge is 0.260 e. The highest BCUT2D eigenvalue weighted by Gasteiger charge is 2.24. The Labute approximate surface area is 139 Å². The number of hydrogen-bond donors (Lipinski definition) is 3. The van der Waals surface area contributed by atoms with E-state index in [0.717, 1.165) is 48.3 Å². The van der Waals surface area contributed by atoms with E-state index in [2.05, 4.69) is 9.88 Å². The van der Waals surface area contributed by atoms with Gasteiger partial charge >= 0.3 is 0 Å². The molecule has 2 aromatic rings. The van der Waals surface area contributed by atoms with Gasteiger partial charge in [0.25, 0.3) is 5.91 Å². The Bertz CT molecular complexity index is 715.